The highest BCUT2D eigenvalue weighted by Gasteiger charge is 2.83. The number of allylic oxidation sites excluding steroid dienone is 4. The lowest BCUT2D eigenvalue weighted by Gasteiger charge is -2.70. The lowest BCUT2D eigenvalue weighted by atomic mass is 9.35. The fraction of sp³-hybridized carbons (Fsp3) is 0.714. The predicted molar refractivity (Wildman–Crippen MR) is 168 cm³/mol. The first kappa shape index (κ1) is 30.2. The summed E-state index contributed by atoms with van der Waals surface area (Å²) in [4.78, 5) is 19.8. The normalized spacial score (nSPS) is 45.4. The van der Waals surface area contributed by atoms with E-state index >= 15 is 0 Å². The van der Waals surface area contributed by atoms with Gasteiger partial charge in [0.2, 0.25) is 0 Å². The van der Waals surface area contributed by atoms with Gasteiger partial charge in [-0.15, -0.1) is 0 Å². The fourth-order valence-electron chi connectivity index (χ4n) is 12.1. The lowest BCUT2D eigenvalue weighted by Crippen LogP contribution is -2.72. The summed E-state index contributed by atoms with van der Waals surface area (Å²) in [6, 6.07) is 0. The third kappa shape index (κ3) is 3.79. The summed E-state index contributed by atoms with van der Waals surface area (Å²) in [5.41, 5.74) is 4.93. The Morgan fingerprint density at radius 1 is 1.20 bits per heavy atom. The van der Waals surface area contributed by atoms with Gasteiger partial charge < -0.3 is 36.0 Å². The molecule has 2 bridgehead atoms. The highest BCUT2D eigenvalue weighted by Crippen LogP contribution is 2.84. The van der Waals surface area contributed by atoms with Crippen molar-refractivity contribution in [3.8, 4) is 0 Å². The first-order valence-electron chi connectivity index (χ1n) is 16.9. The summed E-state index contributed by atoms with van der Waals surface area (Å²) < 4.78 is 6.72. The standard InChI is InChI=1S/C35H50N4O5/c1-22-10-11-24-18-26-29(30(41)42)33(43,21-44-27-9-5-7-23-6-3-4-8-25(23)27)28-12-13-32(19-38-15-17-40)14-16-39(31(36)37-2)20-34(24,32)35(22,26)28/h3-4,6,8,14,16,22-25,27-28,38,40,43H,5,7,9-13,15,17-21H2,1-2H3,(H2,36,37)(H,41,42). The third-order valence-electron chi connectivity index (χ3n) is 13.5. The van der Waals surface area contributed by atoms with Crippen LogP contribution in [0.2, 0.25) is 0 Å². The summed E-state index contributed by atoms with van der Waals surface area (Å²) in [6.45, 7) is 4.19. The van der Waals surface area contributed by atoms with E-state index in [4.69, 9.17) is 10.5 Å². The summed E-state index contributed by atoms with van der Waals surface area (Å²) >= 11 is 0. The molecule has 4 fully saturated rings. The van der Waals surface area contributed by atoms with Crippen molar-refractivity contribution in [2.24, 2.45) is 56.6 Å². The lowest BCUT2D eigenvalue weighted by molar-refractivity contribution is -0.222. The van der Waals surface area contributed by atoms with E-state index < -0.39 is 17.0 Å². The van der Waals surface area contributed by atoms with E-state index in [2.05, 4.69) is 58.7 Å². The Hall–Kier alpha value is -2.46. The zero-order chi connectivity index (χ0) is 30.9. The first-order chi connectivity index (χ1) is 21.2. The third-order valence-corrected chi connectivity index (χ3v) is 13.5. The van der Waals surface area contributed by atoms with E-state index in [0.717, 1.165) is 44.1 Å². The van der Waals surface area contributed by atoms with Crippen LogP contribution in [0, 0.1) is 45.8 Å². The predicted octanol–water partition coefficient (Wildman–Crippen LogP) is 3.21. The van der Waals surface area contributed by atoms with Crippen LogP contribution in [0.4, 0.5) is 0 Å². The molecule has 2 spiro atoms. The Morgan fingerprint density at radius 2 is 2.02 bits per heavy atom. The number of aliphatic hydroxyl groups is 2. The van der Waals surface area contributed by atoms with E-state index in [9.17, 15) is 20.1 Å². The van der Waals surface area contributed by atoms with Crippen LogP contribution in [0.15, 0.2) is 52.7 Å². The molecule has 0 aromatic heterocycles. The molecule has 7 rings (SSSR count). The van der Waals surface area contributed by atoms with Crippen molar-refractivity contribution in [3.05, 3.63) is 47.7 Å². The number of guanidine groups is 1. The molecule has 44 heavy (non-hydrogen) atoms. The van der Waals surface area contributed by atoms with Crippen molar-refractivity contribution in [2.75, 3.05) is 39.9 Å². The molecule has 1 aliphatic heterocycles. The minimum absolute atomic E-state index is 0.0112. The molecular formula is C35H50N4O5. The second-order valence-electron chi connectivity index (χ2n) is 14.8. The number of carboxylic acid groups (broad SMARTS) is 1. The average molecular weight is 607 g/mol. The van der Waals surface area contributed by atoms with Gasteiger partial charge in [-0.3, -0.25) is 4.99 Å². The molecule has 0 aromatic rings. The SMILES string of the molecule is CN=C(N)N1C=CC2(CNCCO)CCC3C(O)(COC4CCCC5C=CC=CC54)C(C(=O)O)=C4CC5CCC(C)C43C52C1. The number of nitrogens with one attached hydrogen (secondary N) is 1. The number of ether oxygens (including phenoxy) is 1. The molecule has 4 saturated carbocycles. The molecule has 10 unspecified atom stereocenters. The number of hydrogen-bond donors (Lipinski definition) is 5. The molecule has 1 heterocycles. The van der Waals surface area contributed by atoms with Crippen LogP contribution in [0.5, 0.6) is 0 Å². The smallest absolute Gasteiger partial charge is 0.334 e. The van der Waals surface area contributed by atoms with Crippen LogP contribution < -0.4 is 11.1 Å². The number of fused-ring (bicyclic) bond motifs is 1. The van der Waals surface area contributed by atoms with Gasteiger partial charge in [0.1, 0.15) is 5.60 Å². The summed E-state index contributed by atoms with van der Waals surface area (Å²) in [5, 5.41) is 37.1. The Bertz CT molecular complexity index is 1340. The largest absolute Gasteiger partial charge is 0.478 e. The number of carbonyl (C=O) groups is 1. The van der Waals surface area contributed by atoms with Crippen LogP contribution in [0.25, 0.3) is 0 Å². The second kappa shape index (κ2) is 10.8. The molecule has 9 nitrogen and oxygen atoms in total. The Labute approximate surface area is 261 Å². The minimum atomic E-state index is -1.58. The van der Waals surface area contributed by atoms with Crippen molar-refractivity contribution in [3.63, 3.8) is 0 Å². The number of nitrogens with zero attached hydrogens (tertiary/aromatic N) is 2. The van der Waals surface area contributed by atoms with Crippen LogP contribution in [-0.2, 0) is 9.53 Å². The topological polar surface area (TPSA) is 141 Å². The van der Waals surface area contributed by atoms with Crippen LogP contribution in [0.1, 0.15) is 58.3 Å². The molecule has 0 amide bonds. The highest BCUT2D eigenvalue weighted by molar-refractivity contribution is 5.92. The molecule has 0 radical (unpaired) electrons. The van der Waals surface area contributed by atoms with Gasteiger partial charge in [-0.05, 0) is 68.3 Å². The van der Waals surface area contributed by atoms with E-state index in [0.29, 0.717) is 44.4 Å². The van der Waals surface area contributed by atoms with Gasteiger partial charge in [0, 0.05) is 61.0 Å². The van der Waals surface area contributed by atoms with Crippen molar-refractivity contribution in [1.82, 2.24) is 10.2 Å². The summed E-state index contributed by atoms with van der Waals surface area (Å²) in [7, 11) is 1.71. The number of hydrogen-bond acceptors (Lipinski definition) is 6. The van der Waals surface area contributed by atoms with E-state index in [-0.39, 0.29) is 59.4 Å². The fourth-order valence-corrected chi connectivity index (χ4v) is 12.1. The van der Waals surface area contributed by atoms with Crippen LogP contribution in [-0.4, -0.2) is 83.7 Å². The molecule has 240 valence electrons. The van der Waals surface area contributed by atoms with Gasteiger partial charge in [-0.1, -0.05) is 43.7 Å². The molecule has 9 heteroatoms. The molecule has 10 atom stereocenters. The number of carboxylic acids is 1. The number of aliphatic carboxylic acids is 1. The average Bonchev–Trinajstić information content (AvgIpc) is 3.37. The first-order valence-corrected chi connectivity index (χ1v) is 16.9. The number of rotatable bonds is 8. The minimum Gasteiger partial charge on any atom is -0.478 e. The Kier molecular flexibility index (Phi) is 7.43. The van der Waals surface area contributed by atoms with Gasteiger partial charge in [0.15, 0.2) is 5.96 Å². The van der Waals surface area contributed by atoms with Crippen molar-refractivity contribution in [1.29, 1.82) is 0 Å². The monoisotopic (exact) mass is 606 g/mol. The highest BCUT2D eigenvalue weighted by atomic mass is 16.5. The van der Waals surface area contributed by atoms with Gasteiger partial charge in [0.05, 0.1) is 24.9 Å². The maximum atomic E-state index is 13.4. The van der Waals surface area contributed by atoms with Crippen molar-refractivity contribution < 1.29 is 24.9 Å². The second-order valence-corrected chi connectivity index (χ2v) is 14.8. The number of aliphatic imine (C=N–C) groups is 1. The van der Waals surface area contributed by atoms with E-state index in [1.165, 1.54) is 0 Å². The van der Waals surface area contributed by atoms with Gasteiger partial charge in [0.25, 0.3) is 0 Å². The maximum Gasteiger partial charge on any atom is 0.334 e. The van der Waals surface area contributed by atoms with Gasteiger partial charge >= 0.3 is 5.97 Å². The summed E-state index contributed by atoms with van der Waals surface area (Å²) in [6.07, 6.45) is 20.4. The van der Waals surface area contributed by atoms with Crippen molar-refractivity contribution >= 4 is 11.9 Å². The Balaban J connectivity index is 1.35. The van der Waals surface area contributed by atoms with E-state index in [1.807, 2.05) is 0 Å². The maximum absolute atomic E-state index is 13.4. The van der Waals surface area contributed by atoms with Crippen LogP contribution >= 0.6 is 0 Å². The van der Waals surface area contributed by atoms with E-state index in [1.54, 1.807) is 7.05 Å². The zero-order valence-corrected chi connectivity index (χ0v) is 26.3. The molecular weight excluding hydrogens is 556 g/mol. The molecule has 6 N–H and O–H groups in total. The molecule has 7 aliphatic rings. The molecule has 6 aliphatic carbocycles. The Morgan fingerprint density at radius 3 is 2.80 bits per heavy atom. The molecule has 0 saturated heterocycles. The molecule has 0 aromatic carbocycles. The van der Waals surface area contributed by atoms with Crippen molar-refractivity contribution in [2.45, 2.75) is 70.0 Å². The van der Waals surface area contributed by atoms with Crippen LogP contribution in [0.3, 0.4) is 0 Å². The quantitative estimate of drug-likeness (QED) is 0.161. The summed E-state index contributed by atoms with van der Waals surface area (Å²) in [5.74, 6) is 0.299. The zero-order valence-electron chi connectivity index (χ0n) is 26.3. The number of aliphatic hydroxyl groups excluding tert-OH is 1. The number of nitrogens with two attached hydrogens (primary N) is 1. The van der Waals surface area contributed by atoms with Gasteiger partial charge in [-0.25, -0.2) is 4.79 Å². The van der Waals surface area contributed by atoms with Gasteiger partial charge in [-0.2, -0.15) is 0 Å².